The van der Waals surface area contributed by atoms with Crippen molar-refractivity contribution in [3.05, 3.63) is 42.1 Å². The van der Waals surface area contributed by atoms with E-state index in [4.69, 9.17) is 5.73 Å². The van der Waals surface area contributed by atoms with Crippen molar-refractivity contribution in [2.75, 3.05) is 13.1 Å². The average molecular weight is 285 g/mol. The first-order chi connectivity index (χ1) is 10.0. The molecule has 0 aliphatic heterocycles. The summed E-state index contributed by atoms with van der Waals surface area (Å²) in [4.78, 5) is 16.6. The fourth-order valence-corrected chi connectivity index (χ4v) is 2.27. The van der Waals surface area contributed by atoms with E-state index in [1.807, 2.05) is 30.3 Å². The quantitative estimate of drug-likeness (QED) is 0.857. The molecule has 0 radical (unpaired) electrons. The second kappa shape index (κ2) is 6.68. The molecule has 3 N–H and O–H groups in total. The molecule has 0 bridgehead atoms. The number of fused-ring (bicyclic) bond motifs is 1. The minimum atomic E-state index is -0.124. The number of nitrogens with two attached hydrogens (primary N) is 1. The molecule has 112 valence electrons. The number of nitrogens with one attached hydrogen (secondary N) is 1. The summed E-state index contributed by atoms with van der Waals surface area (Å²) < 4.78 is 0. The van der Waals surface area contributed by atoms with Gasteiger partial charge in [0.25, 0.3) is 5.91 Å². The van der Waals surface area contributed by atoms with Gasteiger partial charge in [-0.15, -0.1) is 0 Å². The standard InChI is InChI=1S/C17H23N3O/c1-17(2,10-5-11-18)12-19-16(21)15-9-8-13-6-3-4-7-14(13)20-15/h3-4,6-9H,5,10-12,18H2,1-2H3,(H,19,21). The third-order valence-corrected chi connectivity index (χ3v) is 3.62. The topological polar surface area (TPSA) is 68.0 Å². The largest absolute Gasteiger partial charge is 0.350 e. The molecule has 0 aliphatic carbocycles. The van der Waals surface area contributed by atoms with Crippen molar-refractivity contribution in [3.8, 4) is 0 Å². The highest BCUT2D eigenvalue weighted by molar-refractivity contribution is 5.94. The Morgan fingerprint density at radius 1 is 1.24 bits per heavy atom. The first-order valence-electron chi connectivity index (χ1n) is 7.36. The minimum Gasteiger partial charge on any atom is -0.350 e. The number of carbonyl (C=O) groups excluding carboxylic acids is 1. The van der Waals surface area contributed by atoms with Crippen LogP contribution in [0.3, 0.4) is 0 Å². The van der Waals surface area contributed by atoms with Gasteiger partial charge in [0.1, 0.15) is 5.69 Å². The van der Waals surface area contributed by atoms with Crippen LogP contribution in [0.15, 0.2) is 36.4 Å². The maximum atomic E-state index is 12.2. The van der Waals surface area contributed by atoms with E-state index < -0.39 is 0 Å². The minimum absolute atomic E-state index is 0.0475. The maximum absolute atomic E-state index is 12.2. The zero-order valence-electron chi connectivity index (χ0n) is 12.7. The lowest BCUT2D eigenvalue weighted by Gasteiger charge is -2.24. The molecule has 1 aromatic carbocycles. The second-order valence-electron chi connectivity index (χ2n) is 6.13. The highest BCUT2D eigenvalue weighted by Gasteiger charge is 2.19. The molecule has 0 fully saturated rings. The third kappa shape index (κ3) is 4.26. The first-order valence-corrected chi connectivity index (χ1v) is 7.36. The van der Waals surface area contributed by atoms with Crippen molar-refractivity contribution in [2.45, 2.75) is 26.7 Å². The van der Waals surface area contributed by atoms with E-state index in [1.165, 1.54) is 0 Å². The van der Waals surface area contributed by atoms with Crippen LogP contribution < -0.4 is 11.1 Å². The van der Waals surface area contributed by atoms with Crippen LogP contribution in [0, 0.1) is 5.41 Å². The van der Waals surface area contributed by atoms with Crippen LogP contribution in [0.2, 0.25) is 0 Å². The van der Waals surface area contributed by atoms with Gasteiger partial charge in [0.05, 0.1) is 5.52 Å². The lowest BCUT2D eigenvalue weighted by atomic mass is 9.88. The van der Waals surface area contributed by atoms with Gasteiger partial charge in [-0.2, -0.15) is 0 Å². The molecule has 4 heteroatoms. The first kappa shape index (κ1) is 15.4. The molecule has 1 aromatic heterocycles. The number of benzene rings is 1. The van der Waals surface area contributed by atoms with Crippen LogP contribution in [0.1, 0.15) is 37.2 Å². The summed E-state index contributed by atoms with van der Waals surface area (Å²) in [5.41, 5.74) is 6.89. The number of rotatable bonds is 6. The lowest BCUT2D eigenvalue weighted by Crippen LogP contribution is -2.34. The molecule has 0 saturated heterocycles. The van der Waals surface area contributed by atoms with Crippen molar-refractivity contribution in [1.29, 1.82) is 0 Å². The Labute approximate surface area is 125 Å². The van der Waals surface area contributed by atoms with Crippen LogP contribution in [-0.4, -0.2) is 24.0 Å². The van der Waals surface area contributed by atoms with E-state index in [9.17, 15) is 4.79 Å². The summed E-state index contributed by atoms with van der Waals surface area (Å²) in [7, 11) is 0. The normalized spacial score (nSPS) is 11.6. The molecule has 4 nitrogen and oxygen atoms in total. The molecular formula is C17H23N3O. The van der Waals surface area contributed by atoms with Gasteiger partial charge in [-0.3, -0.25) is 4.79 Å². The Balaban J connectivity index is 2.02. The third-order valence-electron chi connectivity index (χ3n) is 3.62. The monoisotopic (exact) mass is 285 g/mol. The SMILES string of the molecule is CC(C)(CCCN)CNC(=O)c1ccc2ccccc2n1. The van der Waals surface area contributed by atoms with Crippen LogP contribution in [0.4, 0.5) is 0 Å². The van der Waals surface area contributed by atoms with Gasteiger partial charge in [-0.1, -0.05) is 38.1 Å². The number of pyridine rings is 1. The number of hydrogen-bond donors (Lipinski definition) is 2. The van der Waals surface area contributed by atoms with Crippen LogP contribution in [0.25, 0.3) is 10.9 Å². The zero-order valence-corrected chi connectivity index (χ0v) is 12.7. The van der Waals surface area contributed by atoms with Crippen molar-refractivity contribution in [2.24, 2.45) is 11.1 Å². The Morgan fingerprint density at radius 2 is 2.00 bits per heavy atom. The van der Waals surface area contributed by atoms with E-state index >= 15 is 0 Å². The predicted octanol–water partition coefficient (Wildman–Crippen LogP) is 2.73. The molecular weight excluding hydrogens is 262 g/mol. The Hall–Kier alpha value is -1.94. The van der Waals surface area contributed by atoms with Gasteiger partial charge in [0.2, 0.25) is 0 Å². The molecule has 2 aromatic rings. The molecule has 0 unspecified atom stereocenters. The number of aromatic nitrogens is 1. The molecule has 1 heterocycles. The summed E-state index contributed by atoms with van der Waals surface area (Å²) in [5, 5.41) is 4.01. The fourth-order valence-electron chi connectivity index (χ4n) is 2.27. The van der Waals surface area contributed by atoms with Gasteiger partial charge >= 0.3 is 0 Å². The summed E-state index contributed by atoms with van der Waals surface area (Å²) in [5.74, 6) is -0.124. The van der Waals surface area contributed by atoms with Gasteiger partial charge in [0, 0.05) is 11.9 Å². The van der Waals surface area contributed by atoms with E-state index in [1.54, 1.807) is 6.07 Å². The molecule has 0 spiro atoms. The highest BCUT2D eigenvalue weighted by atomic mass is 16.1. The Bertz CT molecular complexity index is 622. The average Bonchev–Trinajstić information content (AvgIpc) is 2.50. The molecule has 0 atom stereocenters. The van der Waals surface area contributed by atoms with E-state index in [-0.39, 0.29) is 11.3 Å². The van der Waals surface area contributed by atoms with Crippen molar-refractivity contribution in [3.63, 3.8) is 0 Å². The van der Waals surface area contributed by atoms with Crippen LogP contribution >= 0.6 is 0 Å². The van der Waals surface area contributed by atoms with Crippen LogP contribution in [0.5, 0.6) is 0 Å². The summed E-state index contributed by atoms with van der Waals surface area (Å²) >= 11 is 0. The number of carbonyl (C=O) groups is 1. The highest BCUT2D eigenvalue weighted by Crippen LogP contribution is 2.20. The summed E-state index contributed by atoms with van der Waals surface area (Å²) in [6.45, 7) is 5.58. The molecule has 1 amide bonds. The molecule has 21 heavy (non-hydrogen) atoms. The Morgan fingerprint density at radius 3 is 2.76 bits per heavy atom. The van der Waals surface area contributed by atoms with Crippen molar-refractivity contribution >= 4 is 16.8 Å². The van der Waals surface area contributed by atoms with E-state index in [0.717, 1.165) is 23.7 Å². The van der Waals surface area contributed by atoms with Crippen LogP contribution in [-0.2, 0) is 0 Å². The van der Waals surface area contributed by atoms with E-state index in [2.05, 4.69) is 24.1 Å². The fraction of sp³-hybridized carbons (Fsp3) is 0.412. The van der Waals surface area contributed by atoms with Gasteiger partial charge in [-0.05, 0) is 36.9 Å². The smallest absolute Gasteiger partial charge is 0.269 e. The van der Waals surface area contributed by atoms with Gasteiger partial charge in [0.15, 0.2) is 0 Å². The van der Waals surface area contributed by atoms with E-state index in [0.29, 0.717) is 18.8 Å². The lowest BCUT2D eigenvalue weighted by molar-refractivity contribution is 0.0929. The van der Waals surface area contributed by atoms with Gasteiger partial charge < -0.3 is 11.1 Å². The Kier molecular flexibility index (Phi) is 4.91. The molecule has 0 saturated carbocycles. The van der Waals surface area contributed by atoms with Crippen molar-refractivity contribution < 1.29 is 4.79 Å². The molecule has 2 rings (SSSR count). The summed E-state index contributed by atoms with van der Waals surface area (Å²) in [6.07, 6.45) is 1.96. The number of hydrogen-bond acceptors (Lipinski definition) is 3. The number of amides is 1. The number of para-hydroxylation sites is 1. The summed E-state index contributed by atoms with van der Waals surface area (Å²) in [6, 6.07) is 11.5. The second-order valence-corrected chi connectivity index (χ2v) is 6.13. The maximum Gasteiger partial charge on any atom is 0.269 e. The molecule has 0 aliphatic rings. The van der Waals surface area contributed by atoms with Gasteiger partial charge in [-0.25, -0.2) is 4.98 Å². The van der Waals surface area contributed by atoms with Crippen molar-refractivity contribution in [1.82, 2.24) is 10.3 Å². The zero-order chi connectivity index (χ0) is 15.3. The predicted molar refractivity (Wildman–Crippen MR) is 86.1 cm³/mol. The number of nitrogens with zero attached hydrogens (tertiary/aromatic N) is 1.